The molecule has 0 radical (unpaired) electrons. The van der Waals surface area contributed by atoms with Gasteiger partial charge in [-0.2, -0.15) is 0 Å². The van der Waals surface area contributed by atoms with Crippen LogP contribution in [0.25, 0.3) is 0 Å². The number of hydrogen-bond donors (Lipinski definition) is 2. The molecule has 2 aromatic carbocycles. The third kappa shape index (κ3) is 8.49. The lowest BCUT2D eigenvalue weighted by atomic mass is 10.2. The summed E-state index contributed by atoms with van der Waals surface area (Å²) in [4.78, 5) is 24.1. The molecular formula is C21H24Cl2N2O5. The Morgan fingerprint density at radius 2 is 1.80 bits per heavy atom. The number of halogens is 2. The fourth-order valence-electron chi connectivity index (χ4n) is 2.36. The highest BCUT2D eigenvalue weighted by atomic mass is 35.5. The van der Waals surface area contributed by atoms with Crippen LogP contribution in [0.5, 0.6) is 11.5 Å². The van der Waals surface area contributed by atoms with Crippen LogP contribution in [-0.2, 0) is 9.53 Å². The van der Waals surface area contributed by atoms with Crippen molar-refractivity contribution >= 4 is 35.0 Å². The third-order valence-corrected chi connectivity index (χ3v) is 4.34. The summed E-state index contributed by atoms with van der Waals surface area (Å²) < 4.78 is 16.2. The Hall–Kier alpha value is -2.48. The van der Waals surface area contributed by atoms with Gasteiger partial charge in [-0.25, -0.2) is 0 Å². The SMILES string of the molecule is CCOCCOc1cccc(C(=O)NNC(=O)CCCOc2ccc(Cl)cc2Cl)c1. The second kappa shape index (κ2) is 13.0. The highest BCUT2D eigenvalue weighted by Crippen LogP contribution is 2.27. The number of ether oxygens (including phenoxy) is 3. The van der Waals surface area contributed by atoms with Gasteiger partial charge in [0.15, 0.2) is 0 Å². The van der Waals surface area contributed by atoms with Gasteiger partial charge in [-0.05, 0) is 49.7 Å². The molecule has 0 aliphatic rings. The summed E-state index contributed by atoms with van der Waals surface area (Å²) in [5.74, 6) is 0.269. The lowest BCUT2D eigenvalue weighted by Gasteiger charge is -2.10. The molecule has 2 aromatic rings. The number of nitrogens with one attached hydrogen (secondary N) is 2. The predicted octanol–water partition coefficient (Wildman–Crippen LogP) is 4.03. The van der Waals surface area contributed by atoms with Gasteiger partial charge in [0.1, 0.15) is 18.1 Å². The van der Waals surface area contributed by atoms with Crippen LogP contribution in [0.15, 0.2) is 42.5 Å². The second-order valence-electron chi connectivity index (χ2n) is 6.10. The molecule has 0 aliphatic carbocycles. The summed E-state index contributed by atoms with van der Waals surface area (Å²) in [6, 6.07) is 11.6. The molecule has 0 aliphatic heterocycles. The van der Waals surface area contributed by atoms with Crippen molar-refractivity contribution in [3.63, 3.8) is 0 Å². The molecule has 0 fully saturated rings. The summed E-state index contributed by atoms with van der Waals surface area (Å²) in [5, 5.41) is 0.924. The molecule has 30 heavy (non-hydrogen) atoms. The zero-order chi connectivity index (χ0) is 21.8. The van der Waals surface area contributed by atoms with E-state index in [-0.39, 0.29) is 12.3 Å². The Bertz CT molecular complexity index is 848. The first kappa shape index (κ1) is 23.8. The van der Waals surface area contributed by atoms with E-state index in [0.717, 1.165) is 0 Å². The molecule has 0 atom stereocenters. The summed E-state index contributed by atoms with van der Waals surface area (Å²) >= 11 is 11.8. The summed E-state index contributed by atoms with van der Waals surface area (Å²) in [6.45, 7) is 3.67. The first-order valence-electron chi connectivity index (χ1n) is 9.47. The van der Waals surface area contributed by atoms with Crippen LogP contribution >= 0.6 is 23.2 Å². The van der Waals surface area contributed by atoms with Crippen LogP contribution in [0.4, 0.5) is 0 Å². The lowest BCUT2D eigenvalue weighted by Crippen LogP contribution is -2.41. The van der Waals surface area contributed by atoms with Crippen molar-refractivity contribution in [3.8, 4) is 11.5 Å². The largest absolute Gasteiger partial charge is 0.492 e. The van der Waals surface area contributed by atoms with E-state index in [1.165, 1.54) is 0 Å². The number of amides is 2. The van der Waals surface area contributed by atoms with E-state index in [9.17, 15) is 9.59 Å². The third-order valence-electron chi connectivity index (χ3n) is 3.81. The number of carbonyl (C=O) groups is 2. The van der Waals surface area contributed by atoms with Gasteiger partial charge in [0.25, 0.3) is 5.91 Å². The average Bonchev–Trinajstić information content (AvgIpc) is 2.74. The van der Waals surface area contributed by atoms with Crippen LogP contribution in [0.1, 0.15) is 30.1 Å². The van der Waals surface area contributed by atoms with Gasteiger partial charge in [0.2, 0.25) is 5.91 Å². The fraction of sp³-hybridized carbons (Fsp3) is 0.333. The standard InChI is InChI=1S/C21H24Cl2N2O5/c1-2-28-11-12-29-17-6-3-5-15(13-17)21(27)25-24-20(26)7-4-10-30-19-9-8-16(22)14-18(19)23/h3,5-6,8-9,13-14H,2,4,7,10-12H2,1H3,(H,24,26)(H,25,27). The van der Waals surface area contributed by atoms with Crippen LogP contribution in [0.3, 0.4) is 0 Å². The Kier molecular flexibility index (Phi) is 10.3. The van der Waals surface area contributed by atoms with E-state index in [0.29, 0.717) is 60.0 Å². The maximum absolute atomic E-state index is 12.2. The van der Waals surface area contributed by atoms with Crippen molar-refractivity contribution in [1.29, 1.82) is 0 Å². The maximum atomic E-state index is 12.2. The van der Waals surface area contributed by atoms with Crippen molar-refractivity contribution in [2.24, 2.45) is 0 Å². The average molecular weight is 455 g/mol. The number of hydrogen-bond acceptors (Lipinski definition) is 5. The Labute approximate surface area is 185 Å². The van der Waals surface area contributed by atoms with Crippen LogP contribution in [0, 0.1) is 0 Å². The predicted molar refractivity (Wildman–Crippen MR) is 115 cm³/mol. The molecule has 2 amide bonds. The van der Waals surface area contributed by atoms with Gasteiger partial charge in [0, 0.05) is 23.6 Å². The van der Waals surface area contributed by atoms with E-state index in [2.05, 4.69) is 10.9 Å². The Morgan fingerprint density at radius 3 is 2.57 bits per heavy atom. The summed E-state index contributed by atoms with van der Waals surface area (Å²) in [5.41, 5.74) is 5.13. The lowest BCUT2D eigenvalue weighted by molar-refractivity contribution is -0.122. The smallest absolute Gasteiger partial charge is 0.269 e. The number of hydrazine groups is 1. The van der Waals surface area contributed by atoms with Crippen LogP contribution < -0.4 is 20.3 Å². The van der Waals surface area contributed by atoms with Crippen molar-refractivity contribution in [3.05, 3.63) is 58.1 Å². The molecule has 0 saturated carbocycles. The van der Waals surface area contributed by atoms with Gasteiger partial charge in [-0.3, -0.25) is 20.4 Å². The van der Waals surface area contributed by atoms with E-state index in [4.69, 9.17) is 37.4 Å². The molecule has 0 bridgehead atoms. The van der Waals surface area contributed by atoms with Gasteiger partial charge < -0.3 is 14.2 Å². The summed E-state index contributed by atoms with van der Waals surface area (Å²) in [6.07, 6.45) is 0.621. The van der Waals surface area contributed by atoms with E-state index in [1.807, 2.05) is 6.92 Å². The topological polar surface area (TPSA) is 85.9 Å². The molecule has 0 heterocycles. The van der Waals surface area contributed by atoms with Gasteiger partial charge >= 0.3 is 0 Å². The Morgan fingerprint density at radius 1 is 0.967 bits per heavy atom. The number of carbonyl (C=O) groups excluding carboxylic acids is 2. The normalized spacial score (nSPS) is 10.4. The van der Waals surface area contributed by atoms with Gasteiger partial charge in [0.05, 0.1) is 18.2 Å². The van der Waals surface area contributed by atoms with Gasteiger partial charge in [-0.15, -0.1) is 0 Å². The number of benzene rings is 2. The Balaban J connectivity index is 1.68. The summed E-state index contributed by atoms with van der Waals surface area (Å²) in [7, 11) is 0. The molecule has 2 N–H and O–H groups in total. The zero-order valence-corrected chi connectivity index (χ0v) is 18.1. The quantitative estimate of drug-likeness (QED) is 0.395. The first-order valence-corrected chi connectivity index (χ1v) is 10.2. The minimum absolute atomic E-state index is 0.173. The highest BCUT2D eigenvalue weighted by molar-refractivity contribution is 6.35. The maximum Gasteiger partial charge on any atom is 0.269 e. The van der Waals surface area contributed by atoms with Crippen molar-refractivity contribution < 1.29 is 23.8 Å². The molecular weight excluding hydrogens is 431 g/mol. The van der Waals surface area contributed by atoms with Crippen molar-refractivity contribution in [2.75, 3.05) is 26.4 Å². The monoisotopic (exact) mass is 454 g/mol. The van der Waals surface area contributed by atoms with Crippen molar-refractivity contribution in [1.82, 2.24) is 10.9 Å². The molecule has 0 saturated heterocycles. The van der Waals surface area contributed by atoms with E-state index in [1.54, 1.807) is 42.5 Å². The fourth-order valence-corrected chi connectivity index (χ4v) is 2.82. The molecule has 2 rings (SSSR count). The minimum Gasteiger partial charge on any atom is -0.492 e. The molecule has 7 nitrogen and oxygen atoms in total. The van der Waals surface area contributed by atoms with Gasteiger partial charge in [-0.1, -0.05) is 29.3 Å². The van der Waals surface area contributed by atoms with Crippen molar-refractivity contribution in [2.45, 2.75) is 19.8 Å². The molecule has 9 heteroatoms. The molecule has 0 unspecified atom stereocenters. The first-order chi connectivity index (χ1) is 14.5. The van der Waals surface area contributed by atoms with E-state index >= 15 is 0 Å². The second-order valence-corrected chi connectivity index (χ2v) is 6.95. The number of rotatable bonds is 11. The molecule has 0 aromatic heterocycles. The molecule has 0 spiro atoms. The van der Waals surface area contributed by atoms with Crippen LogP contribution in [0.2, 0.25) is 10.0 Å². The molecule has 162 valence electrons. The zero-order valence-electron chi connectivity index (χ0n) is 16.6. The van der Waals surface area contributed by atoms with Crippen LogP contribution in [-0.4, -0.2) is 38.2 Å². The van der Waals surface area contributed by atoms with E-state index < -0.39 is 5.91 Å². The highest BCUT2D eigenvalue weighted by Gasteiger charge is 2.09. The minimum atomic E-state index is -0.442.